The van der Waals surface area contributed by atoms with Crippen molar-refractivity contribution in [3.05, 3.63) is 23.3 Å². The molecule has 0 spiro atoms. The topological polar surface area (TPSA) is 72.2 Å². The van der Waals surface area contributed by atoms with E-state index < -0.39 is 10.0 Å². The molecule has 1 saturated carbocycles. The van der Waals surface area contributed by atoms with E-state index in [-0.39, 0.29) is 5.54 Å². The zero-order valence-electron chi connectivity index (χ0n) is 11.8. The Hall–Kier alpha value is -1.07. The molecule has 0 atom stereocenters. The fraction of sp³-hybridized carbons (Fsp3) is 0.571. The number of anilines is 1. The molecule has 1 fully saturated rings. The van der Waals surface area contributed by atoms with Crippen LogP contribution in [0.5, 0.6) is 0 Å². The molecule has 0 amide bonds. The maximum absolute atomic E-state index is 12.6. The number of aryl methyl sites for hydroxylation is 1. The first kappa shape index (κ1) is 14.3. The van der Waals surface area contributed by atoms with Crippen LogP contribution < -0.4 is 10.5 Å². The third-order valence-electron chi connectivity index (χ3n) is 4.27. The number of hydrogen-bond acceptors (Lipinski definition) is 3. The standard InChI is InChI=1S/C14H22N2O2S/c1-4-14(6-5-7-14)16-19(17,18)13-9-12(15)8-10(2)11(13)3/h8-9,16H,4-7,15H2,1-3H3. The van der Waals surface area contributed by atoms with Crippen LogP contribution in [0.1, 0.15) is 43.7 Å². The van der Waals surface area contributed by atoms with E-state index in [1.54, 1.807) is 12.1 Å². The molecule has 19 heavy (non-hydrogen) atoms. The molecule has 1 aromatic rings. The fourth-order valence-electron chi connectivity index (χ4n) is 2.60. The fourth-order valence-corrected chi connectivity index (χ4v) is 4.49. The van der Waals surface area contributed by atoms with Crippen molar-refractivity contribution in [2.75, 3.05) is 5.73 Å². The van der Waals surface area contributed by atoms with E-state index in [0.717, 1.165) is 36.8 Å². The molecular weight excluding hydrogens is 260 g/mol. The summed E-state index contributed by atoms with van der Waals surface area (Å²) in [5.41, 5.74) is 7.69. The third kappa shape index (κ3) is 2.62. The quantitative estimate of drug-likeness (QED) is 0.833. The van der Waals surface area contributed by atoms with Crippen LogP contribution in [0.2, 0.25) is 0 Å². The number of nitrogens with two attached hydrogens (primary N) is 1. The monoisotopic (exact) mass is 282 g/mol. The Balaban J connectivity index is 2.40. The summed E-state index contributed by atoms with van der Waals surface area (Å²) >= 11 is 0. The lowest BCUT2D eigenvalue weighted by atomic mass is 9.76. The number of nitrogens with one attached hydrogen (secondary N) is 1. The molecule has 0 bridgehead atoms. The summed E-state index contributed by atoms with van der Waals surface area (Å²) in [6.45, 7) is 5.73. The molecular formula is C14H22N2O2S. The van der Waals surface area contributed by atoms with Gasteiger partial charge in [-0.25, -0.2) is 13.1 Å². The summed E-state index contributed by atoms with van der Waals surface area (Å²) in [4.78, 5) is 0.310. The summed E-state index contributed by atoms with van der Waals surface area (Å²) in [5.74, 6) is 0. The minimum atomic E-state index is -3.50. The van der Waals surface area contributed by atoms with Crippen molar-refractivity contribution in [3.63, 3.8) is 0 Å². The predicted octanol–water partition coefficient (Wildman–Crippen LogP) is 2.50. The van der Waals surface area contributed by atoms with Crippen LogP contribution in [0, 0.1) is 13.8 Å². The first-order chi connectivity index (χ1) is 8.80. The number of benzene rings is 1. The first-order valence-electron chi connectivity index (χ1n) is 6.70. The van der Waals surface area contributed by atoms with Gasteiger partial charge in [-0.05, 0) is 62.8 Å². The molecule has 1 aromatic carbocycles. The van der Waals surface area contributed by atoms with E-state index in [1.807, 2.05) is 20.8 Å². The average molecular weight is 282 g/mol. The highest BCUT2D eigenvalue weighted by atomic mass is 32.2. The Labute approximate surface area is 115 Å². The van der Waals surface area contributed by atoms with E-state index in [2.05, 4.69) is 4.72 Å². The average Bonchev–Trinajstić information content (AvgIpc) is 2.28. The molecule has 1 aliphatic rings. The highest BCUT2D eigenvalue weighted by molar-refractivity contribution is 7.89. The van der Waals surface area contributed by atoms with Crippen LogP contribution in [-0.4, -0.2) is 14.0 Å². The predicted molar refractivity (Wildman–Crippen MR) is 77.5 cm³/mol. The van der Waals surface area contributed by atoms with Gasteiger partial charge in [0.25, 0.3) is 0 Å². The molecule has 0 aliphatic heterocycles. The van der Waals surface area contributed by atoms with Crippen molar-refractivity contribution in [2.24, 2.45) is 0 Å². The van der Waals surface area contributed by atoms with Gasteiger partial charge in [0.2, 0.25) is 10.0 Å². The van der Waals surface area contributed by atoms with E-state index in [0.29, 0.717) is 10.6 Å². The van der Waals surface area contributed by atoms with Gasteiger partial charge in [0.05, 0.1) is 4.90 Å². The second-order valence-corrected chi connectivity index (χ2v) is 7.20. The Morgan fingerprint density at radius 1 is 1.32 bits per heavy atom. The van der Waals surface area contributed by atoms with E-state index in [4.69, 9.17) is 5.73 Å². The van der Waals surface area contributed by atoms with Crippen molar-refractivity contribution < 1.29 is 8.42 Å². The second-order valence-electron chi connectivity index (χ2n) is 5.55. The Kier molecular flexibility index (Phi) is 3.62. The van der Waals surface area contributed by atoms with Crippen molar-refractivity contribution >= 4 is 15.7 Å². The molecule has 5 heteroatoms. The Morgan fingerprint density at radius 3 is 2.42 bits per heavy atom. The summed E-state index contributed by atoms with van der Waals surface area (Å²) in [7, 11) is -3.50. The lowest BCUT2D eigenvalue weighted by Crippen LogP contribution is -2.52. The van der Waals surface area contributed by atoms with Crippen LogP contribution >= 0.6 is 0 Å². The minimum Gasteiger partial charge on any atom is -0.399 e. The molecule has 0 heterocycles. The van der Waals surface area contributed by atoms with Gasteiger partial charge in [-0.3, -0.25) is 0 Å². The molecule has 0 aromatic heterocycles. The minimum absolute atomic E-state index is 0.246. The number of hydrogen-bond donors (Lipinski definition) is 2. The SMILES string of the molecule is CCC1(NS(=O)(=O)c2cc(N)cc(C)c2C)CCC1. The van der Waals surface area contributed by atoms with Crippen LogP contribution in [0.3, 0.4) is 0 Å². The third-order valence-corrected chi connectivity index (χ3v) is 5.97. The lowest BCUT2D eigenvalue weighted by Gasteiger charge is -2.41. The van der Waals surface area contributed by atoms with Gasteiger partial charge in [-0.15, -0.1) is 0 Å². The first-order valence-corrected chi connectivity index (χ1v) is 8.19. The molecule has 0 saturated heterocycles. The summed E-state index contributed by atoms with van der Waals surface area (Å²) in [6, 6.07) is 3.35. The van der Waals surface area contributed by atoms with Crippen molar-refractivity contribution in [1.82, 2.24) is 4.72 Å². The van der Waals surface area contributed by atoms with Gasteiger partial charge in [-0.2, -0.15) is 0 Å². The zero-order chi connectivity index (χ0) is 14.3. The van der Waals surface area contributed by atoms with Crippen molar-refractivity contribution in [1.29, 1.82) is 0 Å². The van der Waals surface area contributed by atoms with Crippen LogP contribution in [0.25, 0.3) is 0 Å². The Morgan fingerprint density at radius 2 is 1.95 bits per heavy atom. The number of sulfonamides is 1. The highest BCUT2D eigenvalue weighted by Gasteiger charge is 2.39. The van der Waals surface area contributed by atoms with Gasteiger partial charge >= 0.3 is 0 Å². The maximum atomic E-state index is 12.6. The second kappa shape index (κ2) is 4.80. The molecule has 2 rings (SSSR count). The van der Waals surface area contributed by atoms with Crippen LogP contribution in [0.4, 0.5) is 5.69 Å². The van der Waals surface area contributed by atoms with Gasteiger partial charge in [0.1, 0.15) is 0 Å². The van der Waals surface area contributed by atoms with Gasteiger partial charge in [0.15, 0.2) is 0 Å². The molecule has 1 aliphatic carbocycles. The smallest absolute Gasteiger partial charge is 0.241 e. The molecule has 4 nitrogen and oxygen atoms in total. The van der Waals surface area contributed by atoms with Crippen molar-refractivity contribution in [2.45, 2.75) is 56.9 Å². The van der Waals surface area contributed by atoms with Gasteiger partial charge in [0, 0.05) is 11.2 Å². The lowest BCUT2D eigenvalue weighted by molar-refractivity contribution is 0.214. The van der Waals surface area contributed by atoms with E-state index >= 15 is 0 Å². The molecule has 0 radical (unpaired) electrons. The molecule has 3 N–H and O–H groups in total. The number of nitrogen functional groups attached to an aromatic ring is 1. The Bertz CT molecular complexity index is 584. The normalized spacial score (nSPS) is 18.1. The van der Waals surface area contributed by atoms with E-state index in [1.165, 1.54) is 0 Å². The van der Waals surface area contributed by atoms with Crippen LogP contribution in [-0.2, 0) is 10.0 Å². The highest BCUT2D eigenvalue weighted by Crippen LogP contribution is 2.36. The summed E-state index contributed by atoms with van der Waals surface area (Å²) < 4.78 is 28.0. The zero-order valence-corrected chi connectivity index (χ0v) is 12.6. The molecule has 0 unspecified atom stereocenters. The largest absolute Gasteiger partial charge is 0.399 e. The molecule has 106 valence electrons. The van der Waals surface area contributed by atoms with Gasteiger partial charge < -0.3 is 5.73 Å². The summed E-state index contributed by atoms with van der Waals surface area (Å²) in [5, 5.41) is 0. The maximum Gasteiger partial charge on any atom is 0.241 e. The van der Waals surface area contributed by atoms with Crippen molar-refractivity contribution in [3.8, 4) is 0 Å². The van der Waals surface area contributed by atoms with Gasteiger partial charge in [-0.1, -0.05) is 6.92 Å². The van der Waals surface area contributed by atoms with E-state index in [9.17, 15) is 8.42 Å². The number of rotatable bonds is 4. The van der Waals surface area contributed by atoms with Crippen LogP contribution in [0.15, 0.2) is 17.0 Å². The summed E-state index contributed by atoms with van der Waals surface area (Å²) in [6.07, 6.45) is 3.75.